The number of sulfone groups is 1. The van der Waals surface area contributed by atoms with Crippen LogP contribution in [0.3, 0.4) is 0 Å². The van der Waals surface area contributed by atoms with E-state index in [2.05, 4.69) is 9.97 Å². The number of nitrogens with zero attached hydrogens (tertiary/aromatic N) is 3. The SMILES string of the molecule is O=S(=O)(Cc1ncc2cnccn12)c1ccccc1. The smallest absolute Gasteiger partial charge is 0.185 e. The minimum Gasteiger partial charge on any atom is -0.300 e. The van der Waals surface area contributed by atoms with E-state index in [0.29, 0.717) is 10.7 Å². The first-order valence-corrected chi connectivity index (χ1v) is 7.36. The van der Waals surface area contributed by atoms with Crippen molar-refractivity contribution in [1.82, 2.24) is 14.4 Å². The van der Waals surface area contributed by atoms with E-state index in [1.807, 2.05) is 0 Å². The Morgan fingerprint density at radius 3 is 2.68 bits per heavy atom. The van der Waals surface area contributed by atoms with Crippen LogP contribution in [-0.4, -0.2) is 22.8 Å². The topological polar surface area (TPSA) is 64.3 Å². The minimum atomic E-state index is -3.38. The third-order valence-electron chi connectivity index (χ3n) is 2.83. The Labute approximate surface area is 110 Å². The second-order valence-corrected chi connectivity index (χ2v) is 6.11. The molecule has 0 N–H and O–H groups in total. The lowest BCUT2D eigenvalue weighted by molar-refractivity contribution is 0.593. The molecular weight excluding hydrogens is 262 g/mol. The number of rotatable bonds is 3. The van der Waals surface area contributed by atoms with E-state index in [-0.39, 0.29) is 5.75 Å². The first-order chi connectivity index (χ1) is 9.17. The van der Waals surface area contributed by atoms with Gasteiger partial charge in [0.05, 0.1) is 22.8 Å². The molecule has 0 saturated carbocycles. The highest BCUT2D eigenvalue weighted by molar-refractivity contribution is 7.90. The fourth-order valence-corrected chi connectivity index (χ4v) is 3.19. The summed E-state index contributed by atoms with van der Waals surface area (Å²) in [5.41, 5.74) is 0.778. The fourth-order valence-electron chi connectivity index (χ4n) is 1.89. The standard InChI is InChI=1S/C13H11N3O2S/c17-19(18,12-4-2-1-3-5-12)10-13-15-9-11-8-14-6-7-16(11)13/h1-9H,10H2. The Bertz CT molecular complexity index is 810. The maximum atomic E-state index is 12.3. The van der Waals surface area contributed by atoms with Crippen molar-refractivity contribution in [3.05, 3.63) is 60.9 Å². The molecule has 0 atom stereocenters. The summed E-state index contributed by atoms with van der Waals surface area (Å²) in [5, 5.41) is 0. The summed E-state index contributed by atoms with van der Waals surface area (Å²) in [7, 11) is -3.38. The predicted molar refractivity (Wildman–Crippen MR) is 70.3 cm³/mol. The maximum Gasteiger partial charge on any atom is 0.185 e. The van der Waals surface area contributed by atoms with Crippen molar-refractivity contribution in [2.24, 2.45) is 0 Å². The van der Waals surface area contributed by atoms with Gasteiger partial charge in [0, 0.05) is 12.4 Å². The first-order valence-electron chi connectivity index (χ1n) is 5.70. The van der Waals surface area contributed by atoms with Gasteiger partial charge >= 0.3 is 0 Å². The summed E-state index contributed by atoms with van der Waals surface area (Å²) in [4.78, 5) is 8.43. The Kier molecular flexibility index (Phi) is 2.79. The summed E-state index contributed by atoms with van der Waals surface area (Å²) in [6.45, 7) is 0. The maximum absolute atomic E-state index is 12.3. The second kappa shape index (κ2) is 4.47. The van der Waals surface area contributed by atoms with Crippen molar-refractivity contribution in [2.75, 3.05) is 0 Å². The fraction of sp³-hybridized carbons (Fsp3) is 0.0769. The molecule has 0 saturated heterocycles. The van der Waals surface area contributed by atoms with E-state index >= 15 is 0 Å². The average Bonchev–Trinajstić information content (AvgIpc) is 2.83. The van der Waals surface area contributed by atoms with Crippen molar-refractivity contribution in [2.45, 2.75) is 10.6 Å². The van der Waals surface area contributed by atoms with Gasteiger partial charge in [-0.3, -0.25) is 9.38 Å². The van der Waals surface area contributed by atoms with Crippen molar-refractivity contribution >= 4 is 15.4 Å². The number of imidazole rings is 1. The molecule has 0 bridgehead atoms. The van der Waals surface area contributed by atoms with Crippen LogP contribution in [0.15, 0.2) is 60.0 Å². The molecule has 19 heavy (non-hydrogen) atoms. The van der Waals surface area contributed by atoms with Crippen LogP contribution in [0.5, 0.6) is 0 Å². The highest BCUT2D eigenvalue weighted by atomic mass is 32.2. The Morgan fingerprint density at radius 1 is 1.11 bits per heavy atom. The van der Waals surface area contributed by atoms with Gasteiger partial charge in [-0.25, -0.2) is 13.4 Å². The Morgan fingerprint density at radius 2 is 1.89 bits per heavy atom. The molecule has 0 unspecified atom stereocenters. The zero-order valence-electron chi connectivity index (χ0n) is 9.97. The number of benzene rings is 1. The largest absolute Gasteiger partial charge is 0.300 e. The van der Waals surface area contributed by atoms with Gasteiger partial charge in [0.2, 0.25) is 0 Å². The van der Waals surface area contributed by atoms with E-state index in [0.717, 1.165) is 5.52 Å². The van der Waals surface area contributed by atoms with E-state index in [1.165, 1.54) is 0 Å². The van der Waals surface area contributed by atoms with Crippen molar-refractivity contribution < 1.29 is 8.42 Å². The molecule has 0 spiro atoms. The molecule has 2 heterocycles. The number of aromatic nitrogens is 3. The van der Waals surface area contributed by atoms with Gasteiger partial charge in [-0.2, -0.15) is 0 Å². The molecule has 96 valence electrons. The summed E-state index contributed by atoms with van der Waals surface area (Å²) < 4.78 is 26.3. The molecule has 2 aromatic heterocycles. The Balaban J connectivity index is 2.02. The summed E-state index contributed by atoms with van der Waals surface area (Å²) in [6, 6.07) is 8.38. The third kappa shape index (κ3) is 2.22. The van der Waals surface area contributed by atoms with E-state index in [9.17, 15) is 8.42 Å². The normalized spacial score (nSPS) is 11.8. The van der Waals surface area contributed by atoms with Gasteiger partial charge in [-0.05, 0) is 12.1 Å². The van der Waals surface area contributed by atoms with Crippen LogP contribution in [0.4, 0.5) is 0 Å². The van der Waals surface area contributed by atoms with Crippen LogP contribution in [0, 0.1) is 0 Å². The highest BCUT2D eigenvalue weighted by Crippen LogP contribution is 2.16. The van der Waals surface area contributed by atoms with Crippen LogP contribution >= 0.6 is 0 Å². The van der Waals surface area contributed by atoms with Gasteiger partial charge < -0.3 is 0 Å². The molecular formula is C13H11N3O2S. The summed E-state index contributed by atoms with van der Waals surface area (Å²) in [5.74, 6) is 0.358. The zero-order chi connectivity index (χ0) is 13.3. The summed E-state index contributed by atoms with van der Waals surface area (Å²) in [6.07, 6.45) is 6.57. The quantitative estimate of drug-likeness (QED) is 0.728. The third-order valence-corrected chi connectivity index (χ3v) is 4.46. The molecule has 0 radical (unpaired) electrons. The van der Waals surface area contributed by atoms with E-state index in [4.69, 9.17) is 0 Å². The van der Waals surface area contributed by atoms with Crippen molar-refractivity contribution in [3.8, 4) is 0 Å². The lowest BCUT2D eigenvalue weighted by Gasteiger charge is -2.03. The molecule has 0 aliphatic rings. The van der Waals surface area contributed by atoms with Gasteiger partial charge in [-0.15, -0.1) is 0 Å². The molecule has 3 rings (SSSR count). The van der Waals surface area contributed by atoms with Gasteiger partial charge in [0.15, 0.2) is 9.84 Å². The van der Waals surface area contributed by atoms with Crippen LogP contribution in [0.25, 0.3) is 5.52 Å². The molecule has 6 heteroatoms. The average molecular weight is 273 g/mol. The minimum absolute atomic E-state index is 0.130. The molecule has 0 amide bonds. The molecule has 0 fully saturated rings. The highest BCUT2D eigenvalue weighted by Gasteiger charge is 2.17. The van der Waals surface area contributed by atoms with Crippen molar-refractivity contribution in [3.63, 3.8) is 0 Å². The predicted octanol–water partition coefficient (Wildman–Crippen LogP) is 1.70. The molecule has 0 aliphatic heterocycles. The molecule has 1 aromatic carbocycles. The number of fused-ring (bicyclic) bond motifs is 1. The summed E-state index contributed by atoms with van der Waals surface area (Å²) >= 11 is 0. The number of hydrogen-bond acceptors (Lipinski definition) is 4. The molecule has 5 nitrogen and oxygen atoms in total. The monoisotopic (exact) mass is 273 g/mol. The van der Waals surface area contributed by atoms with Crippen LogP contribution < -0.4 is 0 Å². The molecule has 3 aromatic rings. The van der Waals surface area contributed by atoms with Crippen LogP contribution in [-0.2, 0) is 15.6 Å². The second-order valence-electron chi connectivity index (χ2n) is 4.12. The molecule has 0 aliphatic carbocycles. The lowest BCUT2D eigenvalue weighted by Crippen LogP contribution is -2.08. The first kappa shape index (κ1) is 11.9. The number of hydrogen-bond donors (Lipinski definition) is 0. The van der Waals surface area contributed by atoms with Crippen LogP contribution in [0.2, 0.25) is 0 Å². The Hall–Kier alpha value is -2.21. The zero-order valence-corrected chi connectivity index (χ0v) is 10.8. The van der Waals surface area contributed by atoms with Gasteiger partial charge in [0.1, 0.15) is 11.6 Å². The van der Waals surface area contributed by atoms with E-state index < -0.39 is 9.84 Å². The van der Waals surface area contributed by atoms with E-state index in [1.54, 1.807) is 59.5 Å². The van der Waals surface area contributed by atoms with Crippen molar-refractivity contribution in [1.29, 1.82) is 0 Å². The van der Waals surface area contributed by atoms with Crippen LogP contribution in [0.1, 0.15) is 5.82 Å². The van der Waals surface area contributed by atoms with Gasteiger partial charge in [-0.1, -0.05) is 18.2 Å². The van der Waals surface area contributed by atoms with Gasteiger partial charge in [0.25, 0.3) is 0 Å². The lowest BCUT2D eigenvalue weighted by atomic mass is 10.4.